The molecule has 0 aliphatic carbocycles. The highest BCUT2D eigenvalue weighted by atomic mass is 32.1. The van der Waals surface area contributed by atoms with Gasteiger partial charge in [0.1, 0.15) is 4.88 Å². The Morgan fingerprint density at radius 1 is 1.17 bits per heavy atom. The number of nitrogens with zero attached hydrogens (tertiary/aromatic N) is 1. The molecule has 1 N–H and O–H groups in total. The highest BCUT2D eigenvalue weighted by Crippen LogP contribution is 2.32. The second kappa shape index (κ2) is 9.74. The third-order valence-corrected chi connectivity index (χ3v) is 4.74. The number of thiophene rings is 1. The summed E-state index contributed by atoms with van der Waals surface area (Å²) in [6, 6.07) is 6.83. The van der Waals surface area contributed by atoms with Crippen molar-refractivity contribution in [3.05, 3.63) is 40.1 Å². The number of fused-ring (bicyclic) bond motifs is 1. The molecule has 1 aromatic heterocycles. The summed E-state index contributed by atoms with van der Waals surface area (Å²) in [5.74, 6) is -0.692. The van der Waals surface area contributed by atoms with Gasteiger partial charge in [-0.15, -0.1) is 11.3 Å². The average Bonchev–Trinajstić information content (AvgIpc) is 3.40. The van der Waals surface area contributed by atoms with Crippen LogP contribution in [0.15, 0.2) is 34.8 Å². The minimum absolute atomic E-state index is 0.168. The lowest BCUT2D eigenvalue weighted by Crippen LogP contribution is -2.23. The average molecular weight is 434 g/mol. The lowest BCUT2D eigenvalue weighted by molar-refractivity contribution is -0.151. The van der Waals surface area contributed by atoms with Crippen molar-refractivity contribution in [1.29, 1.82) is 0 Å². The van der Waals surface area contributed by atoms with Crippen LogP contribution in [-0.2, 0) is 23.9 Å². The van der Waals surface area contributed by atoms with Gasteiger partial charge in [-0.1, -0.05) is 5.16 Å². The maximum Gasteiger partial charge on any atom is 0.350 e. The zero-order valence-corrected chi connectivity index (χ0v) is 16.9. The smallest absolute Gasteiger partial charge is 0.350 e. The zero-order valence-electron chi connectivity index (χ0n) is 16.1. The predicted octanol–water partition coefficient (Wildman–Crippen LogP) is 2.19. The molecule has 3 rings (SSSR count). The maximum atomic E-state index is 11.9. The number of hydrogen-bond donors (Lipinski definition) is 1. The molecule has 0 saturated carbocycles. The van der Waals surface area contributed by atoms with E-state index in [0.717, 1.165) is 16.9 Å². The normalized spacial score (nSPS) is 12.3. The quantitative estimate of drug-likeness (QED) is 0.381. The fourth-order valence-electron chi connectivity index (χ4n) is 2.39. The number of amides is 1. The molecular weight excluding hydrogens is 416 g/mol. The molecular formula is C19H18N2O8S. The van der Waals surface area contributed by atoms with E-state index in [1.807, 2.05) is 0 Å². The largest absolute Gasteiger partial charge is 0.465 e. The number of nitrogens with one attached hydrogen (secondary N) is 1. The lowest BCUT2D eigenvalue weighted by Gasteiger charge is -2.07. The molecule has 1 amide bonds. The minimum Gasteiger partial charge on any atom is -0.465 e. The van der Waals surface area contributed by atoms with E-state index in [0.29, 0.717) is 17.2 Å². The van der Waals surface area contributed by atoms with Crippen LogP contribution in [0.5, 0.6) is 11.5 Å². The second-order valence-corrected chi connectivity index (χ2v) is 6.80. The van der Waals surface area contributed by atoms with Crippen LogP contribution in [0.2, 0.25) is 0 Å². The first-order valence-corrected chi connectivity index (χ1v) is 9.53. The number of methoxy groups -OCH3 is 1. The molecule has 30 heavy (non-hydrogen) atoms. The van der Waals surface area contributed by atoms with Crippen molar-refractivity contribution in [2.45, 2.75) is 6.92 Å². The first-order chi connectivity index (χ1) is 14.5. The molecule has 0 saturated heterocycles. The molecule has 1 aromatic carbocycles. The summed E-state index contributed by atoms with van der Waals surface area (Å²) in [6.07, 6.45) is 0. The van der Waals surface area contributed by atoms with E-state index in [-0.39, 0.29) is 17.4 Å². The van der Waals surface area contributed by atoms with E-state index in [4.69, 9.17) is 19.0 Å². The van der Waals surface area contributed by atoms with Crippen LogP contribution < -0.4 is 14.8 Å². The first kappa shape index (κ1) is 21.1. The Hall–Kier alpha value is -3.60. The van der Waals surface area contributed by atoms with Gasteiger partial charge >= 0.3 is 11.9 Å². The summed E-state index contributed by atoms with van der Waals surface area (Å²) in [5.41, 5.74) is 1.55. The fourth-order valence-corrected chi connectivity index (χ4v) is 3.15. The van der Waals surface area contributed by atoms with Crippen molar-refractivity contribution in [1.82, 2.24) is 0 Å². The first-order valence-electron chi connectivity index (χ1n) is 8.65. The summed E-state index contributed by atoms with van der Waals surface area (Å²) in [4.78, 5) is 40.5. The number of rotatable bonds is 8. The fraction of sp³-hybridized carbons (Fsp3) is 0.263. The molecule has 2 heterocycles. The molecule has 0 radical (unpaired) electrons. The number of esters is 2. The maximum absolute atomic E-state index is 11.9. The molecule has 0 bridgehead atoms. The third kappa shape index (κ3) is 5.26. The van der Waals surface area contributed by atoms with Gasteiger partial charge in [-0.25, -0.2) is 9.59 Å². The molecule has 1 aliphatic heterocycles. The van der Waals surface area contributed by atoms with Crippen molar-refractivity contribution in [2.24, 2.45) is 5.16 Å². The molecule has 158 valence electrons. The van der Waals surface area contributed by atoms with E-state index in [2.05, 4.69) is 15.2 Å². The van der Waals surface area contributed by atoms with E-state index in [1.54, 1.807) is 36.6 Å². The van der Waals surface area contributed by atoms with Gasteiger partial charge in [0.2, 0.25) is 13.4 Å². The highest BCUT2D eigenvalue weighted by Gasteiger charge is 2.17. The summed E-state index contributed by atoms with van der Waals surface area (Å²) < 4.78 is 20.0. The number of anilines is 1. The molecule has 0 fully saturated rings. The van der Waals surface area contributed by atoms with Gasteiger partial charge < -0.3 is 29.1 Å². The van der Waals surface area contributed by atoms with Gasteiger partial charge in [0.05, 0.1) is 18.5 Å². The molecule has 2 aromatic rings. The highest BCUT2D eigenvalue weighted by molar-refractivity contribution is 7.12. The number of hydrogen-bond acceptors (Lipinski definition) is 10. The molecule has 0 atom stereocenters. The SMILES string of the molecule is COC(=O)c1sccc1NC(=O)COC(=O)CO/N=C(\C)c1ccc2c(c1)OCO2. The predicted molar refractivity (Wildman–Crippen MR) is 106 cm³/mol. The summed E-state index contributed by atoms with van der Waals surface area (Å²) in [7, 11) is 1.24. The monoisotopic (exact) mass is 434 g/mol. The van der Waals surface area contributed by atoms with Crippen molar-refractivity contribution >= 4 is 40.6 Å². The Morgan fingerprint density at radius 3 is 2.77 bits per heavy atom. The second-order valence-electron chi connectivity index (χ2n) is 5.88. The Bertz CT molecular complexity index is 985. The van der Waals surface area contributed by atoms with Crippen LogP contribution in [0.25, 0.3) is 0 Å². The summed E-state index contributed by atoms with van der Waals surface area (Å²) >= 11 is 1.12. The molecule has 11 heteroatoms. The van der Waals surface area contributed by atoms with Gasteiger partial charge in [-0.05, 0) is 36.6 Å². The molecule has 0 spiro atoms. The van der Waals surface area contributed by atoms with Crippen molar-refractivity contribution in [2.75, 3.05) is 32.4 Å². The number of ether oxygens (including phenoxy) is 4. The number of oxime groups is 1. The van der Waals surface area contributed by atoms with Gasteiger partial charge in [-0.2, -0.15) is 0 Å². The van der Waals surface area contributed by atoms with Gasteiger partial charge in [0, 0.05) is 5.56 Å². The molecule has 0 unspecified atom stereocenters. The van der Waals surface area contributed by atoms with Gasteiger partial charge in [0.15, 0.2) is 18.1 Å². The summed E-state index contributed by atoms with van der Waals surface area (Å²) in [6.45, 7) is 0.863. The standard InChI is InChI=1S/C19H18N2O8S/c1-11(12-3-4-14-15(7-12)28-10-27-14)21-29-9-17(23)26-8-16(22)20-13-5-6-30-18(13)19(24)25-2/h3-7H,8-10H2,1-2H3,(H,20,22)/b21-11+. The number of carbonyl (C=O) groups is 3. The van der Waals surface area contributed by atoms with Crippen LogP contribution in [0.3, 0.4) is 0 Å². The van der Waals surface area contributed by atoms with Gasteiger partial charge in [-0.3, -0.25) is 4.79 Å². The number of carbonyl (C=O) groups excluding carboxylic acids is 3. The zero-order chi connectivity index (χ0) is 21.5. The van der Waals surface area contributed by atoms with Crippen LogP contribution in [0.1, 0.15) is 22.2 Å². The Labute approximate surface area is 175 Å². The lowest BCUT2D eigenvalue weighted by atomic mass is 10.1. The Kier molecular flexibility index (Phi) is 6.86. The van der Waals surface area contributed by atoms with E-state index < -0.39 is 31.1 Å². The van der Waals surface area contributed by atoms with Crippen molar-refractivity contribution in [3.63, 3.8) is 0 Å². The van der Waals surface area contributed by atoms with Crippen molar-refractivity contribution in [3.8, 4) is 11.5 Å². The number of benzene rings is 1. The molecule has 1 aliphatic rings. The van der Waals surface area contributed by atoms with Crippen LogP contribution in [0, 0.1) is 0 Å². The Balaban J connectivity index is 1.42. The van der Waals surface area contributed by atoms with E-state index in [9.17, 15) is 14.4 Å². The minimum atomic E-state index is -0.772. The van der Waals surface area contributed by atoms with Crippen LogP contribution >= 0.6 is 11.3 Å². The molecule has 10 nitrogen and oxygen atoms in total. The van der Waals surface area contributed by atoms with Crippen LogP contribution in [0.4, 0.5) is 5.69 Å². The van der Waals surface area contributed by atoms with Crippen molar-refractivity contribution < 1.29 is 38.2 Å². The van der Waals surface area contributed by atoms with Gasteiger partial charge in [0.25, 0.3) is 5.91 Å². The van der Waals surface area contributed by atoms with E-state index in [1.165, 1.54) is 7.11 Å². The van der Waals surface area contributed by atoms with Crippen LogP contribution in [-0.4, -0.2) is 50.7 Å². The topological polar surface area (TPSA) is 122 Å². The summed E-state index contributed by atoms with van der Waals surface area (Å²) in [5, 5.41) is 7.96. The third-order valence-electron chi connectivity index (χ3n) is 3.85. The Morgan fingerprint density at radius 2 is 1.97 bits per heavy atom. The van der Waals surface area contributed by atoms with E-state index >= 15 is 0 Å².